The molecular formula is C27H46N2O3S. The highest BCUT2D eigenvalue weighted by atomic mass is 32.2. The molecule has 0 spiro atoms. The molecule has 1 saturated heterocycles. The fourth-order valence-corrected chi connectivity index (χ4v) is 10.2. The zero-order chi connectivity index (χ0) is 23.6. The number of hydrogen-bond donors (Lipinski definition) is 1. The van der Waals surface area contributed by atoms with Crippen molar-refractivity contribution in [2.75, 3.05) is 39.0 Å². The Kier molecular flexibility index (Phi) is 6.33. The maximum atomic E-state index is 13.6. The van der Waals surface area contributed by atoms with E-state index in [1.165, 1.54) is 38.5 Å². The fourth-order valence-electron chi connectivity index (χ4n) is 9.21. The van der Waals surface area contributed by atoms with Gasteiger partial charge in [0.2, 0.25) is 0 Å². The molecule has 0 amide bonds. The van der Waals surface area contributed by atoms with E-state index in [1.54, 1.807) is 6.26 Å². The summed E-state index contributed by atoms with van der Waals surface area (Å²) in [6.07, 6.45) is 12.3. The Morgan fingerprint density at radius 1 is 0.970 bits per heavy atom. The van der Waals surface area contributed by atoms with Gasteiger partial charge >= 0.3 is 0 Å². The van der Waals surface area contributed by atoms with Gasteiger partial charge in [-0.1, -0.05) is 6.92 Å². The van der Waals surface area contributed by atoms with Crippen LogP contribution in [0.4, 0.5) is 0 Å². The van der Waals surface area contributed by atoms with E-state index in [4.69, 9.17) is 0 Å². The summed E-state index contributed by atoms with van der Waals surface area (Å²) in [6, 6.07) is 0. The van der Waals surface area contributed by atoms with Crippen molar-refractivity contribution in [3.63, 3.8) is 0 Å². The van der Waals surface area contributed by atoms with Crippen molar-refractivity contribution in [3.8, 4) is 0 Å². The van der Waals surface area contributed by atoms with Gasteiger partial charge in [-0.25, -0.2) is 4.31 Å². The second kappa shape index (κ2) is 8.60. The van der Waals surface area contributed by atoms with Gasteiger partial charge in [0.15, 0.2) is 0 Å². The molecule has 5 aliphatic rings. The molecule has 4 saturated carbocycles. The molecule has 0 aromatic carbocycles. The molecule has 0 radical (unpaired) electrons. The Morgan fingerprint density at radius 3 is 2.36 bits per heavy atom. The van der Waals surface area contributed by atoms with Gasteiger partial charge in [-0.05, 0) is 106 Å². The van der Waals surface area contributed by atoms with Crippen LogP contribution in [0, 0.1) is 40.9 Å². The minimum atomic E-state index is -2.14. The van der Waals surface area contributed by atoms with Gasteiger partial charge < -0.3 is 5.11 Å². The number of aliphatic hydroxyl groups is 1. The third kappa shape index (κ3) is 4.47. The predicted octanol–water partition coefficient (Wildman–Crippen LogP) is 3.45. The van der Waals surface area contributed by atoms with E-state index in [-0.39, 0.29) is 11.3 Å². The van der Waals surface area contributed by atoms with Crippen LogP contribution < -0.4 is 0 Å². The lowest BCUT2D eigenvalue weighted by atomic mass is 9.49. The lowest BCUT2D eigenvalue weighted by molar-refractivity contribution is -0.133. The van der Waals surface area contributed by atoms with E-state index < -0.39 is 15.3 Å². The van der Waals surface area contributed by atoms with Gasteiger partial charge in [0, 0.05) is 48.1 Å². The van der Waals surface area contributed by atoms with Gasteiger partial charge in [0.05, 0.1) is 12.1 Å². The molecule has 6 heteroatoms. The fraction of sp³-hybridized carbons (Fsp3) is 0.926. The first kappa shape index (κ1) is 24.3. The smallest absolute Gasteiger partial charge is 0.150 e. The van der Waals surface area contributed by atoms with Gasteiger partial charge in [-0.3, -0.25) is 13.9 Å². The largest absolute Gasteiger partial charge is 0.390 e. The number of rotatable bonds is 4. The Morgan fingerprint density at radius 2 is 1.67 bits per heavy atom. The van der Waals surface area contributed by atoms with Gasteiger partial charge in [0.25, 0.3) is 0 Å². The van der Waals surface area contributed by atoms with Crippen molar-refractivity contribution in [3.05, 3.63) is 0 Å². The lowest BCUT2D eigenvalue weighted by Crippen LogP contribution is -2.52. The summed E-state index contributed by atoms with van der Waals surface area (Å²) in [6.45, 7) is 8.18. The number of nitrogens with zero attached hydrogens (tertiary/aromatic N) is 2. The Labute approximate surface area is 201 Å². The quantitative estimate of drug-likeness (QED) is 0.629. The highest BCUT2D eigenvalue weighted by Crippen LogP contribution is 2.64. The molecule has 0 bridgehead atoms. The van der Waals surface area contributed by atoms with Gasteiger partial charge in [-0.2, -0.15) is 0 Å². The van der Waals surface area contributed by atoms with Crippen molar-refractivity contribution >= 4 is 21.4 Å². The molecule has 1 unspecified atom stereocenters. The predicted molar refractivity (Wildman–Crippen MR) is 135 cm³/mol. The average molecular weight is 479 g/mol. The van der Waals surface area contributed by atoms with Crippen LogP contribution in [0.3, 0.4) is 0 Å². The van der Waals surface area contributed by atoms with Gasteiger partial charge in [0.1, 0.15) is 5.78 Å². The number of fused-ring (bicyclic) bond motifs is 5. The second-order valence-electron chi connectivity index (χ2n) is 13.0. The molecule has 33 heavy (non-hydrogen) atoms. The number of piperazine rings is 1. The van der Waals surface area contributed by atoms with Crippen LogP contribution in [-0.4, -0.2) is 74.8 Å². The molecule has 0 aromatic rings. The topological polar surface area (TPSA) is 60.9 Å². The Bertz CT molecular complexity index is 863. The number of hydrogen-bond acceptors (Lipinski definition) is 4. The third-order valence-electron chi connectivity index (χ3n) is 10.9. The maximum Gasteiger partial charge on any atom is 0.150 e. The number of Topliss-reactive ketones (excluding diaryl/α,β-unsaturated/α-hetero) is 1. The number of carbonyl (C=O) groups is 1. The summed E-state index contributed by atoms with van der Waals surface area (Å²) in [5.41, 5.74) is -0.271. The molecule has 5 nitrogen and oxygen atoms in total. The maximum absolute atomic E-state index is 13.6. The highest BCUT2D eigenvalue weighted by molar-refractivity contribution is 7.97. The minimum absolute atomic E-state index is 0.179. The van der Waals surface area contributed by atoms with Crippen LogP contribution in [0.15, 0.2) is 0 Å². The van der Waals surface area contributed by atoms with Crippen molar-refractivity contribution in [2.24, 2.45) is 40.9 Å². The summed E-state index contributed by atoms with van der Waals surface area (Å²) < 4.78 is 14.2. The molecule has 1 heterocycles. The van der Waals surface area contributed by atoms with E-state index in [0.717, 1.165) is 63.2 Å². The van der Waals surface area contributed by atoms with Crippen molar-refractivity contribution in [1.82, 2.24) is 9.21 Å². The molecule has 188 valence electrons. The van der Waals surface area contributed by atoms with E-state index in [2.05, 4.69) is 17.7 Å². The average Bonchev–Trinajstić information content (AvgIpc) is 3.10. The normalized spacial score (nSPS) is 48.4. The standard InChI is InChI=1S/C27H46N2O3S/c1-26(31)11-9-20-19(17-26)5-6-22-21(20)10-12-27(2)23(22)7-8-24(27)25(30)18-28-13-15-29(16-14-28)33(3,4)32/h19-24,31H,3,5-18H2,1-2,4H3/t19-,20+,21-,22-,23+,24-,26-,27+,33?/m1/s1. The van der Waals surface area contributed by atoms with Crippen LogP contribution in [0.5, 0.6) is 0 Å². The molecule has 1 N–H and O–H groups in total. The monoisotopic (exact) mass is 478 g/mol. The van der Waals surface area contributed by atoms with E-state index in [1.807, 2.05) is 11.2 Å². The van der Waals surface area contributed by atoms with Crippen molar-refractivity contribution in [2.45, 2.75) is 77.2 Å². The zero-order valence-corrected chi connectivity index (χ0v) is 22.0. The van der Waals surface area contributed by atoms with E-state index in [9.17, 15) is 14.1 Å². The SMILES string of the molecule is C=S(C)(=O)N1CCN(CC(=O)[C@H]2CC[C@H]3[C@@H]4CC[C@@H]5C[C@](C)(O)CC[C@@H]5[C@H]4CC[C@]23C)CC1. The van der Waals surface area contributed by atoms with Crippen LogP contribution in [0.2, 0.25) is 0 Å². The summed E-state index contributed by atoms with van der Waals surface area (Å²) in [7, 11) is -2.14. The van der Waals surface area contributed by atoms with Crippen LogP contribution in [0.25, 0.3) is 0 Å². The molecule has 9 atom stereocenters. The Balaban J connectivity index is 1.22. The number of ketones is 1. The summed E-state index contributed by atoms with van der Waals surface area (Å²) in [5, 5.41) is 10.6. The first-order chi connectivity index (χ1) is 15.5. The van der Waals surface area contributed by atoms with Crippen LogP contribution in [0.1, 0.15) is 71.6 Å². The second-order valence-corrected chi connectivity index (χ2v) is 15.4. The lowest BCUT2D eigenvalue weighted by Gasteiger charge is -2.57. The highest BCUT2D eigenvalue weighted by Gasteiger charge is 2.58. The van der Waals surface area contributed by atoms with Gasteiger partial charge in [-0.15, -0.1) is 0 Å². The van der Waals surface area contributed by atoms with E-state index >= 15 is 0 Å². The molecule has 4 aliphatic carbocycles. The summed E-state index contributed by atoms with van der Waals surface area (Å²) in [5.74, 6) is 8.35. The summed E-state index contributed by atoms with van der Waals surface area (Å²) in [4.78, 5) is 15.8. The molecule has 1 aliphatic heterocycles. The van der Waals surface area contributed by atoms with Crippen molar-refractivity contribution in [1.29, 1.82) is 0 Å². The molecule has 5 rings (SSSR count). The summed E-state index contributed by atoms with van der Waals surface area (Å²) >= 11 is 0. The first-order valence-corrected chi connectivity index (χ1v) is 15.6. The zero-order valence-electron chi connectivity index (χ0n) is 21.1. The van der Waals surface area contributed by atoms with Crippen LogP contribution >= 0.6 is 0 Å². The minimum Gasteiger partial charge on any atom is -0.390 e. The van der Waals surface area contributed by atoms with Crippen LogP contribution in [-0.2, 0) is 14.5 Å². The van der Waals surface area contributed by atoms with Crippen molar-refractivity contribution < 1.29 is 14.1 Å². The third-order valence-corrected chi connectivity index (χ3v) is 12.3. The molecule has 5 fully saturated rings. The molecule has 0 aromatic heterocycles. The van der Waals surface area contributed by atoms with E-state index in [0.29, 0.717) is 24.2 Å². The first-order valence-electron chi connectivity index (χ1n) is 13.5. The molecular weight excluding hydrogens is 432 g/mol. The Hall–Kier alpha value is -0.430. The number of carbonyl (C=O) groups excluding carboxylic acids is 1.